The lowest BCUT2D eigenvalue weighted by Gasteiger charge is -1.95. The normalized spacial score (nSPS) is 10.3. The van der Waals surface area contributed by atoms with Crippen LogP contribution in [0.4, 0.5) is 5.69 Å². The largest absolute Gasteiger partial charge is 0.465 e. The average molecular weight is 222 g/mol. The van der Waals surface area contributed by atoms with Gasteiger partial charge in [0.2, 0.25) is 0 Å². The van der Waals surface area contributed by atoms with Crippen molar-refractivity contribution in [2.75, 3.05) is 7.11 Å². The number of hydrogen-bond donors (Lipinski definition) is 0. The lowest BCUT2D eigenvalue weighted by molar-refractivity contribution is -0.384. The van der Waals surface area contributed by atoms with Crippen molar-refractivity contribution in [2.45, 2.75) is 6.54 Å². The van der Waals surface area contributed by atoms with E-state index < -0.39 is 10.9 Å². The fourth-order valence-electron chi connectivity index (χ4n) is 1.00. The molecule has 0 aliphatic carbocycles. The van der Waals surface area contributed by atoms with Crippen LogP contribution in [0, 0.1) is 10.1 Å². The first-order chi connectivity index (χ1) is 7.63. The Bertz CT molecular complexity index is 411. The Labute approximate surface area is 91.7 Å². The van der Waals surface area contributed by atoms with Crippen LogP contribution in [0.5, 0.6) is 0 Å². The molecule has 0 atom stereocenters. The maximum atomic E-state index is 10.7. The monoisotopic (exact) mass is 222 g/mol. The predicted molar refractivity (Wildman–Crippen MR) is 57.3 cm³/mol. The highest BCUT2D eigenvalue weighted by atomic mass is 16.6. The first-order valence-electron chi connectivity index (χ1n) is 4.44. The van der Waals surface area contributed by atoms with Gasteiger partial charge in [0, 0.05) is 12.1 Å². The Morgan fingerprint density at radius 3 is 2.62 bits per heavy atom. The Hall–Kier alpha value is -2.24. The zero-order valence-corrected chi connectivity index (χ0v) is 8.62. The van der Waals surface area contributed by atoms with Crippen LogP contribution in [0.25, 0.3) is 0 Å². The molecule has 1 aromatic rings. The molecule has 1 rings (SSSR count). The molecule has 84 valence electrons. The van der Waals surface area contributed by atoms with E-state index in [1.807, 2.05) is 0 Å². The summed E-state index contributed by atoms with van der Waals surface area (Å²) in [5.74, 6) is -0.526. The molecule has 6 nitrogen and oxygen atoms in total. The number of nitrogens with zero attached hydrogens (tertiary/aromatic N) is 2. The van der Waals surface area contributed by atoms with Gasteiger partial charge >= 0.3 is 5.97 Å². The molecule has 0 saturated carbocycles. The number of ether oxygens (including phenoxy) is 1. The van der Waals surface area contributed by atoms with Crippen LogP contribution in [0.15, 0.2) is 29.3 Å². The summed E-state index contributed by atoms with van der Waals surface area (Å²) in [6.07, 6.45) is 1.07. The van der Waals surface area contributed by atoms with Gasteiger partial charge < -0.3 is 4.74 Å². The number of methoxy groups -OCH3 is 1. The molecule has 0 aromatic heterocycles. The third kappa shape index (κ3) is 3.49. The molecule has 1 aromatic carbocycles. The van der Waals surface area contributed by atoms with Crippen molar-refractivity contribution in [1.29, 1.82) is 0 Å². The van der Waals surface area contributed by atoms with E-state index in [-0.39, 0.29) is 12.2 Å². The van der Waals surface area contributed by atoms with E-state index in [9.17, 15) is 14.9 Å². The zero-order valence-electron chi connectivity index (χ0n) is 8.62. The highest BCUT2D eigenvalue weighted by Gasteiger charge is 2.03. The number of nitro benzene ring substituents is 1. The molecule has 0 heterocycles. The highest BCUT2D eigenvalue weighted by molar-refractivity contribution is 6.23. The Morgan fingerprint density at radius 2 is 2.12 bits per heavy atom. The van der Waals surface area contributed by atoms with Gasteiger partial charge in [0.1, 0.15) is 6.21 Å². The molecule has 0 radical (unpaired) electrons. The number of rotatable bonds is 4. The van der Waals surface area contributed by atoms with Gasteiger partial charge in [-0.2, -0.15) is 0 Å². The summed E-state index contributed by atoms with van der Waals surface area (Å²) in [6.45, 7) is 0.285. The van der Waals surface area contributed by atoms with E-state index in [1.54, 1.807) is 12.1 Å². The number of hydrogen-bond acceptors (Lipinski definition) is 5. The molecule has 0 fully saturated rings. The molecular weight excluding hydrogens is 212 g/mol. The third-order valence-corrected chi connectivity index (χ3v) is 1.82. The summed E-state index contributed by atoms with van der Waals surface area (Å²) in [5.41, 5.74) is 0.812. The van der Waals surface area contributed by atoms with E-state index in [4.69, 9.17) is 0 Å². The average Bonchev–Trinajstić information content (AvgIpc) is 2.29. The van der Waals surface area contributed by atoms with Crippen LogP contribution in [0.2, 0.25) is 0 Å². The number of carbonyl (C=O) groups is 1. The van der Waals surface area contributed by atoms with Crippen molar-refractivity contribution in [1.82, 2.24) is 0 Å². The summed E-state index contributed by atoms with van der Waals surface area (Å²) in [7, 11) is 1.26. The molecule has 6 heteroatoms. The van der Waals surface area contributed by atoms with Crippen molar-refractivity contribution in [3.05, 3.63) is 39.9 Å². The maximum absolute atomic E-state index is 10.7. The topological polar surface area (TPSA) is 81.8 Å². The maximum Gasteiger partial charge on any atom is 0.348 e. The molecular formula is C10H10N2O4. The van der Waals surface area contributed by atoms with Gasteiger partial charge in [-0.1, -0.05) is 12.1 Å². The molecule has 0 spiro atoms. The van der Waals surface area contributed by atoms with E-state index in [1.165, 1.54) is 19.2 Å². The molecule has 0 aliphatic rings. The van der Waals surface area contributed by atoms with Gasteiger partial charge in [-0.05, 0) is 5.56 Å². The summed E-state index contributed by atoms with van der Waals surface area (Å²) < 4.78 is 4.36. The second-order valence-electron chi connectivity index (χ2n) is 2.92. The Morgan fingerprint density at radius 1 is 1.50 bits per heavy atom. The zero-order chi connectivity index (χ0) is 12.0. The van der Waals surface area contributed by atoms with Crippen LogP contribution in [0.3, 0.4) is 0 Å². The van der Waals surface area contributed by atoms with Crippen molar-refractivity contribution < 1.29 is 14.5 Å². The van der Waals surface area contributed by atoms with Crippen molar-refractivity contribution in [2.24, 2.45) is 4.99 Å². The molecule has 0 aliphatic heterocycles. The van der Waals surface area contributed by atoms with Crippen molar-refractivity contribution in [3.63, 3.8) is 0 Å². The second-order valence-corrected chi connectivity index (χ2v) is 2.92. The van der Waals surface area contributed by atoms with Gasteiger partial charge in [-0.15, -0.1) is 0 Å². The standard InChI is InChI=1S/C10H10N2O4/c1-16-10(13)7-11-6-8-2-4-9(5-3-8)12(14)15/h2-5,7H,6H2,1H3. The van der Waals surface area contributed by atoms with Gasteiger partial charge in [0.15, 0.2) is 0 Å². The number of benzene rings is 1. The van der Waals surface area contributed by atoms with Crippen LogP contribution in [-0.2, 0) is 16.1 Å². The smallest absolute Gasteiger partial charge is 0.348 e. The van der Waals surface area contributed by atoms with Crippen LogP contribution < -0.4 is 0 Å². The number of esters is 1. The SMILES string of the molecule is COC(=O)C=NCc1ccc([N+](=O)[O-])cc1. The molecule has 0 N–H and O–H groups in total. The van der Waals surface area contributed by atoms with Gasteiger partial charge in [0.25, 0.3) is 5.69 Å². The van der Waals surface area contributed by atoms with Gasteiger partial charge in [-0.3, -0.25) is 15.1 Å². The van der Waals surface area contributed by atoms with Crippen LogP contribution in [-0.4, -0.2) is 24.2 Å². The highest BCUT2D eigenvalue weighted by Crippen LogP contribution is 2.12. The first kappa shape index (κ1) is 11.8. The minimum Gasteiger partial charge on any atom is -0.465 e. The molecule has 0 amide bonds. The summed E-state index contributed by atoms with van der Waals surface area (Å²) in [4.78, 5) is 24.4. The fraction of sp³-hybridized carbons (Fsp3) is 0.200. The number of carbonyl (C=O) groups excluding carboxylic acids is 1. The number of nitro groups is 1. The van der Waals surface area contributed by atoms with Gasteiger partial charge in [0.05, 0.1) is 18.6 Å². The Balaban J connectivity index is 2.59. The van der Waals surface area contributed by atoms with Crippen LogP contribution in [0.1, 0.15) is 5.56 Å². The fourth-order valence-corrected chi connectivity index (χ4v) is 1.00. The molecule has 16 heavy (non-hydrogen) atoms. The van der Waals surface area contributed by atoms with E-state index in [2.05, 4.69) is 9.73 Å². The van der Waals surface area contributed by atoms with E-state index >= 15 is 0 Å². The summed E-state index contributed by atoms with van der Waals surface area (Å²) in [5, 5.41) is 10.4. The Kier molecular flexibility index (Phi) is 4.14. The third-order valence-electron chi connectivity index (χ3n) is 1.82. The predicted octanol–water partition coefficient (Wildman–Crippen LogP) is 1.34. The quantitative estimate of drug-likeness (QED) is 0.333. The minimum absolute atomic E-state index is 0.0284. The first-order valence-corrected chi connectivity index (χ1v) is 4.44. The van der Waals surface area contributed by atoms with E-state index in [0.29, 0.717) is 0 Å². The van der Waals surface area contributed by atoms with Gasteiger partial charge in [-0.25, -0.2) is 4.79 Å². The van der Waals surface area contributed by atoms with Crippen molar-refractivity contribution >= 4 is 17.9 Å². The van der Waals surface area contributed by atoms with Crippen molar-refractivity contribution in [3.8, 4) is 0 Å². The lowest BCUT2D eigenvalue weighted by atomic mass is 10.2. The molecule has 0 bridgehead atoms. The van der Waals surface area contributed by atoms with E-state index in [0.717, 1.165) is 11.8 Å². The minimum atomic E-state index is -0.526. The second kappa shape index (κ2) is 5.59. The number of aliphatic imine (C=N–C) groups is 1. The number of non-ortho nitro benzene ring substituents is 1. The molecule has 0 saturated heterocycles. The molecule has 0 unspecified atom stereocenters. The summed E-state index contributed by atoms with van der Waals surface area (Å²) in [6, 6.07) is 5.96. The summed E-state index contributed by atoms with van der Waals surface area (Å²) >= 11 is 0. The van der Waals surface area contributed by atoms with Crippen LogP contribution >= 0.6 is 0 Å². The lowest BCUT2D eigenvalue weighted by Crippen LogP contribution is -2.01.